The lowest BCUT2D eigenvalue weighted by Crippen LogP contribution is -3.19. The molecule has 3 aliphatic rings. The van der Waals surface area contributed by atoms with Gasteiger partial charge >= 0.3 is 0 Å². The van der Waals surface area contributed by atoms with Crippen LogP contribution in [0.3, 0.4) is 0 Å². The Morgan fingerprint density at radius 3 is 2.65 bits per heavy atom. The molecule has 3 heteroatoms. The van der Waals surface area contributed by atoms with E-state index in [-0.39, 0.29) is 0 Å². The zero-order valence-corrected chi connectivity index (χ0v) is 11.0. The van der Waals surface area contributed by atoms with E-state index in [4.69, 9.17) is 4.74 Å². The van der Waals surface area contributed by atoms with Crippen LogP contribution in [0.5, 0.6) is 0 Å². The minimum Gasteiger partial charge on any atom is -0.384 e. The summed E-state index contributed by atoms with van der Waals surface area (Å²) in [6.07, 6.45) is 6.51. The van der Waals surface area contributed by atoms with Gasteiger partial charge in [-0.25, -0.2) is 0 Å². The number of hydrogen-bond donors (Lipinski definition) is 2. The normalized spacial score (nSPS) is 48.0. The van der Waals surface area contributed by atoms with Crippen LogP contribution in [0.4, 0.5) is 0 Å². The zero-order chi connectivity index (χ0) is 11.9. The van der Waals surface area contributed by atoms with Crippen molar-refractivity contribution in [3.8, 4) is 0 Å². The Labute approximate surface area is 104 Å². The third kappa shape index (κ3) is 2.02. The minimum absolute atomic E-state index is 0.385. The van der Waals surface area contributed by atoms with Crippen LogP contribution in [0.25, 0.3) is 0 Å². The fourth-order valence-electron chi connectivity index (χ4n) is 4.43. The molecular weight excluding hydrogens is 214 g/mol. The molecule has 17 heavy (non-hydrogen) atoms. The molecule has 3 rings (SSSR count). The molecule has 2 heterocycles. The average molecular weight is 240 g/mol. The Balaban J connectivity index is 1.75. The van der Waals surface area contributed by atoms with E-state index in [1.165, 1.54) is 45.2 Å². The third-order valence-electron chi connectivity index (χ3n) is 5.47. The maximum atomic E-state index is 11.0. The summed E-state index contributed by atoms with van der Waals surface area (Å²) in [5, 5.41) is 11.0. The fourth-order valence-corrected chi connectivity index (χ4v) is 4.43. The number of nitrogens with one attached hydrogen (secondary N) is 1. The van der Waals surface area contributed by atoms with Gasteiger partial charge < -0.3 is 14.7 Å². The standard InChI is InChI=1S/C14H25NO2/c1-14(16)12-10-17-9-11(12)5-6-13(14)15-7-3-2-4-8-15/h11-13,16H,2-10H2,1H3/p+1/t11-,12-,13+,14+/m0/s1. The van der Waals surface area contributed by atoms with E-state index in [9.17, 15) is 5.11 Å². The van der Waals surface area contributed by atoms with Gasteiger partial charge in [-0.15, -0.1) is 0 Å². The molecule has 0 aromatic carbocycles. The number of piperidine rings is 1. The lowest BCUT2D eigenvalue weighted by molar-refractivity contribution is -0.939. The fraction of sp³-hybridized carbons (Fsp3) is 1.00. The van der Waals surface area contributed by atoms with Crippen LogP contribution in [0.1, 0.15) is 39.0 Å². The molecule has 0 bridgehead atoms. The molecule has 0 aromatic heterocycles. The quantitative estimate of drug-likeness (QED) is 0.688. The summed E-state index contributed by atoms with van der Waals surface area (Å²) in [5.41, 5.74) is -0.508. The van der Waals surface area contributed by atoms with E-state index in [1.54, 1.807) is 4.90 Å². The number of fused-ring (bicyclic) bond motifs is 1. The first-order chi connectivity index (χ1) is 8.19. The maximum Gasteiger partial charge on any atom is 0.119 e. The Bertz CT molecular complexity index is 273. The highest BCUT2D eigenvalue weighted by Crippen LogP contribution is 2.40. The van der Waals surface area contributed by atoms with Gasteiger partial charge in [-0.3, -0.25) is 0 Å². The summed E-state index contributed by atoms with van der Waals surface area (Å²) in [6.45, 7) is 6.26. The molecule has 2 saturated heterocycles. The van der Waals surface area contributed by atoms with E-state index in [2.05, 4.69) is 6.92 Å². The molecule has 3 nitrogen and oxygen atoms in total. The smallest absolute Gasteiger partial charge is 0.119 e. The van der Waals surface area contributed by atoms with Crippen LogP contribution in [-0.2, 0) is 4.74 Å². The SMILES string of the molecule is C[C@@]1(O)[C@H]2COC[C@@H]2CC[C@H]1[NH+]1CCCCC1. The lowest BCUT2D eigenvalue weighted by atomic mass is 9.68. The molecule has 0 radical (unpaired) electrons. The van der Waals surface area contributed by atoms with Crippen molar-refractivity contribution in [3.63, 3.8) is 0 Å². The summed E-state index contributed by atoms with van der Waals surface area (Å²) in [5.74, 6) is 1.00. The van der Waals surface area contributed by atoms with E-state index in [0.717, 1.165) is 13.2 Å². The first-order valence-corrected chi connectivity index (χ1v) is 7.34. The first-order valence-electron chi connectivity index (χ1n) is 7.34. The summed E-state index contributed by atoms with van der Waals surface area (Å²) in [6, 6.07) is 0.450. The van der Waals surface area contributed by atoms with Crippen molar-refractivity contribution in [1.29, 1.82) is 0 Å². The molecule has 0 unspecified atom stereocenters. The summed E-state index contributed by atoms with van der Waals surface area (Å²) in [7, 11) is 0. The molecule has 2 aliphatic heterocycles. The number of ether oxygens (including phenoxy) is 1. The average Bonchev–Trinajstić information content (AvgIpc) is 2.80. The highest BCUT2D eigenvalue weighted by Gasteiger charge is 2.53. The van der Waals surface area contributed by atoms with Gasteiger partial charge in [-0.1, -0.05) is 0 Å². The van der Waals surface area contributed by atoms with Crippen molar-refractivity contribution in [2.75, 3.05) is 26.3 Å². The molecule has 2 N–H and O–H groups in total. The van der Waals surface area contributed by atoms with E-state index >= 15 is 0 Å². The summed E-state index contributed by atoms with van der Waals surface area (Å²) < 4.78 is 5.59. The Hall–Kier alpha value is -0.120. The van der Waals surface area contributed by atoms with E-state index in [0.29, 0.717) is 17.9 Å². The van der Waals surface area contributed by atoms with E-state index < -0.39 is 5.60 Å². The summed E-state index contributed by atoms with van der Waals surface area (Å²) in [4.78, 5) is 1.66. The summed E-state index contributed by atoms with van der Waals surface area (Å²) >= 11 is 0. The van der Waals surface area contributed by atoms with Gasteiger partial charge in [0.1, 0.15) is 11.6 Å². The maximum absolute atomic E-state index is 11.0. The van der Waals surface area contributed by atoms with E-state index in [1.807, 2.05) is 0 Å². The van der Waals surface area contributed by atoms with Crippen LogP contribution < -0.4 is 4.90 Å². The molecule has 0 spiro atoms. The highest BCUT2D eigenvalue weighted by atomic mass is 16.5. The molecular formula is C14H26NO2+. The Morgan fingerprint density at radius 1 is 1.12 bits per heavy atom. The van der Waals surface area contributed by atoms with Gasteiger partial charge in [0.2, 0.25) is 0 Å². The van der Waals surface area contributed by atoms with Crippen molar-refractivity contribution >= 4 is 0 Å². The number of aliphatic hydroxyl groups is 1. The second-order valence-corrected chi connectivity index (χ2v) is 6.48. The van der Waals surface area contributed by atoms with Gasteiger partial charge in [0.05, 0.1) is 19.7 Å². The minimum atomic E-state index is -0.508. The van der Waals surface area contributed by atoms with Crippen molar-refractivity contribution in [3.05, 3.63) is 0 Å². The van der Waals surface area contributed by atoms with Crippen LogP contribution in [-0.4, -0.2) is 43.1 Å². The molecule has 3 fully saturated rings. The molecule has 4 atom stereocenters. The van der Waals surface area contributed by atoms with Crippen LogP contribution in [0, 0.1) is 11.8 Å². The molecule has 0 aromatic rings. The van der Waals surface area contributed by atoms with Gasteiger partial charge in [-0.2, -0.15) is 0 Å². The first kappa shape index (κ1) is 11.9. The van der Waals surface area contributed by atoms with Crippen molar-refractivity contribution in [1.82, 2.24) is 0 Å². The molecule has 1 saturated carbocycles. The van der Waals surface area contributed by atoms with Gasteiger partial charge in [0.25, 0.3) is 0 Å². The number of rotatable bonds is 1. The number of quaternary nitrogens is 1. The van der Waals surface area contributed by atoms with Crippen LogP contribution in [0.2, 0.25) is 0 Å². The number of likely N-dealkylation sites (tertiary alicyclic amines) is 1. The lowest BCUT2D eigenvalue weighted by Gasteiger charge is -2.47. The molecule has 0 amide bonds. The van der Waals surface area contributed by atoms with Crippen LogP contribution in [0.15, 0.2) is 0 Å². The second-order valence-electron chi connectivity index (χ2n) is 6.48. The third-order valence-corrected chi connectivity index (χ3v) is 5.47. The largest absolute Gasteiger partial charge is 0.384 e. The van der Waals surface area contributed by atoms with Gasteiger partial charge in [-0.05, 0) is 38.5 Å². The number of hydrogen-bond acceptors (Lipinski definition) is 2. The Morgan fingerprint density at radius 2 is 1.88 bits per heavy atom. The topological polar surface area (TPSA) is 33.9 Å². The Kier molecular flexibility index (Phi) is 3.18. The predicted octanol–water partition coefficient (Wildman–Crippen LogP) is 0.231. The zero-order valence-electron chi connectivity index (χ0n) is 11.0. The van der Waals surface area contributed by atoms with Gasteiger partial charge in [0.15, 0.2) is 0 Å². The molecule has 1 aliphatic carbocycles. The second kappa shape index (κ2) is 4.52. The monoisotopic (exact) mass is 240 g/mol. The van der Waals surface area contributed by atoms with Gasteiger partial charge in [0, 0.05) is 18.9 Å². The van der Waals surface area contributed by atoms with Crippen molar-refractivity contribution in [2.24, 2.45) is 11.8 Å². The predicted molar refractivity (Wildman–Crippen MR) is 66.0 cm³/mol. The van der Waals surface area contributed by atoms with Crippen molar-refractivity contribution in [2.45, 2.75) is 50.7 Å². The van der Waals surface area contributed by atoms with Crippen molar-refractivity contribution < 1.29 is 14.7 Å². The van der Waals surface area contributed by atoms with Crippen LogP contribution >= 0.6 is 0 Å². The highest BCUT2D eigenvalue weighted by molar-refractivity contribution is 4.99. The molecule has 98 valence electrons.